The molecule has 2 heterocycles. The molecule has 1 aliphatic rings. The largest absolute Gasteiger partial charge is 0.494 e. The fourth-order valence-corrected chi connectivity index (χ4v) is 3.35. The number of fused-ring (bicyclic) bond motifs is 2. The number of halogens is 1. The number of H-pyrrole nitrogens is 1. The molecule has 0 bridgehead atoms. The van der Waals surface area contributed by atoms with Crippen LogP contribution in [0.1, 0.15) is 28.5 Å². The first-order chi connectivity index (χ1) is 12.1. The van der Waals surface area contributed by atoms with Gasteiger partial charge in [0, 0.05) is 24.0 Å². The molecule has 0 spiro atoms. The third-order valence-electron chi connectivity index (χ3n) is 4.60. The molecule has 1 amide bonds. The van der Waals surface area contributed by atoms with Crippen LogP contribution in [0.5, 0.6) is 5.75 Å². The van der Waals surface area contributed by atoms with Crippen LogP contribution in [-0.4, -0.2) is 28.9 Å². The van der Waals surface area contributed by atoms with Crippen LogP contribution in [0.25, 0.3) is 10.9 Å². The number of carbonyl (C=O) groups is 1. The molecule has 0 saturated carbocycles. The number of hydrogen-bond acceptors (Lipinski definition) is 2. The number of nitrogens with one attached hydrogen (secondary N) is 1. The van der Waals surface area contributed by atoms with Gasteiger partial charge in [-0.3, -0.25) is 4.79 Å². The number of carbonyl (C=O) groups excluding carboxylic acids is 1. The molecule has 1 N–H and O–H groups in total. The number of amides is 1. The summed E-state index contributed by atoms with van der Waals surface area (Å²) in [4.78, 5) is 17.8. The Hall–Kier alpha value is -2.82. The minimum absolute atomic E-state index is 0.0657. The zero-order chi connectivity index (χ0) is 17.4. The van der Waals surface area contributed by atoms with E-state index < -0.39 is 0 Å². The van der Waals surface area contributed by atoms with Crippen LogP contribution in [0.15, 0.2) is 42.5 Å². The third-order valence-corrected chi connectivity index (χ3v) is 4.60. The quantitative estimate of drug-likeness (QED) is 0.787. The maximum Gasteiger partial charge on any atom is 0.270 e. The van der Waals surface area contributed by atoms with Crippen molar-refractivity contribution in [1.82, 2.24) is 9.88 Å². The molecule has 0 radical (unpaired) electrons. The Labute approximate surface area is 145 Å². The second-order valence-electron chi connectivity index (χ2n) is 6.25. The topological polar surface area (TPSA) is 45.3 Å². The normalized spacial score (nSPS) is 13.8. The fraction of sp³-hybridized carbons (Fsp3) is 0.250. The van der Waals surface area contributed by atoms with Gasteiger partial charge in [-0.1, -0.05) is 6.07 Å². The predicted octanol–water partition coefficient (Wildman–Crippen LogP) is 3.90. The Morgan fingerprint density at radius 1 is 1.20 bits per heavy atom. The molecule has 25 heavy (non-hydrogen) atoms. The highest BCUT2D eigenvalue weighted by atomic mass is 19.1. The molecule has 1 aliphatic heterocycles. The van der Waals surface area contributed by atoms with Gasteiger partial charge in [0.1, 0.15) is 17.3 Å². The number of hydrogen-bond donors (Lipinski definition) is 1. The number of aromatic nitrogens is 1. The van der Waals surface area contributed by atoms with Crippen LogP contribution in [-0.2, 0) is 13.0 Å². The summed E-state index contributed by atoms with van der Waals surface area (Å²) in [7, 11) is 0. The van der Waals surface area contributed by atoms with Crippen LogP contribution in [0.3, 0.4) is 0 Å². The molecule has 0 fully saturated rings. The van der Waals surface area contributed by atoms with E-state index in [9.17, 15) is 9.18 Å². The summed E-state index contributed by atoms with van der Waals surface area (Å²) < 4.78 is 18.9. The van der Waals surface area contributed by atoms with Gasteiger partial charge >= 0.3 is 0 Å². The molecule has 4 nitrogen and oxygen atoms in total. The van der Waals surface area contributed by atoms with Gasteiger partial charge in [0.2, 0.25) is 0 Å². The lowest BCUT2D eigenvalue weighted by atomic mass is 9.99. The minimum atomic E-state index is -0.305. The number of aromatic amines is 1. The number of ether oxygens (including phenoxy) is 1. The average molecular weight is 338 g/mol. The van der Waals surface area contributed by atoms with E-state index in [2.05, 4.69) is 11.1 Å². The Kier molecular flexibility index (Phi) is 3.92. The summed E-state index contributed by atoms with van der Waals surface area (Å²) in [6.45, 7) is 3.80. The third kappa shape index (κ3) is 2.97. The molecule has 2 aromatic carbocycles. The first kappa shape index (κ1) is 15.7. The van der Waals surface area contributed by atoms with Crippen molar-refractivity contribution < 1.29 is 13.9 Å². The summed E-state index contributed by atoms with van der Waals surface area (Å²) in [5.41, 5.74) is 3.63. The standard InChI is InChI=1S/C20H19FN2O2/c1-2-25-17-5-3-13-7-8-23(12-15(13)10-17)20(24)19-11-14-9-16(21)4-6-18(14)22-19/h3-6,9-11,22H,2,7-8,12H2,1H3. The lowest BCUT2D eigenvalue weighted by Gasteiger charge is -2.29. The summed E-state index contributed by atoms with van der Waals surface area (Å²) in [6.07, 6.45) is 0.822. The zero-order valence-electron chi connectivity index (χ0n) is 14.0. The average Bonchev–Trinajstić information content (AvgIpc) is 3.04. The van der Waals surface area contributed by atoms with Gasteiger partial charge in [-0.15, -0.1) is 0 Å². The van der Waals surface area contributed by atoms with Gasteiger partial charge in [0.15, 0.2) is 0 Å². The summed E-state index contributed by atoms with van der Waals surface area (Å²) in [5.74, 6) is 0.460. The summed E-state index contributed by atoms with van der Waals surface area (Å²) in [5, 5.41) is 0.708. The molecular weight excluding hydrogens is 319 g/mol. The van der Waals surface area contributed by atoms with Gasteiger partial charge in [-0.2, -0.15) is 0 Å². The minimum Gasteiger partial charge on any atom is -0.494 e. The van der Waals surface area contributed by atoms with E-state index in [1.165, 1.54) is 17.7 Å². The monoisotopic (exact) mass is 338 g/mol. The van der Waals surface area contributed by atoms with Gasteiger partial charge in [-0.05, 0) is 60.9 Å². The van der Waals surface area contributed by atoms with E-state index in [0.717, 1.165) is 23.3 Å². The molecule has 0 unspecified atom stereocenters. The van der Waals surface area contributed by atoms with E-state index >= 15 is 0 Å². The van der Waals surface area contributed by atoms with Crippen molar-refractivity contribution in [3.63, 3.8) is 0 Å². The maximum absolute atomic E-state index is 13.3. The van der Waals surface area contributed by atoms with Crippen molar-refractivity contribution in [3.8, 4) is 5.75 Å². The van der Waals surface area contributed by atoms with Crippen LogP contribution in [0.2, 0.25) is 0 Å². The van der Waals surface area contributed by atoms with Crippen molar-refractivity contribution in [2.24, 2.45) is 0 Å². The lowest BCUT2D eigenvalue weighted by Crippen LogP contribution is -2.36. The maximum atomic E-state index is 13.3. The van der Waals surface area contributed by atoms with Gasteiger partial charge in [-0.25, -0.2) is 4.39 Å². The zero-order valence-corrected chi connectivity index (χ0v) is 14.0. The molecule has 0 saturated heterocycles. The van der Waals surface area contributed by atoms with Crippen molar-refractivity contribution in [1.29, 1.82) is 0 Å². The Morgan fingerprint density at radius 3 is 2.92 bits per heavy atom. The van der Waals surface area contributed by atoms with Crippen LogP contribution >= 0.6 is 0 Å². The summed E-state index contributed by atoms with van der Waals surface area (Å²) >= 11 is 0. The molecule has 5 heteroatoms. The highest BCUT2D eigenvalue weighted by molar-refractivity contribution is 5.98. The van der Waals surface area contributed by atoms with Crippen molar-refractivity contribution in [2.75, 3.05) is 13.2 Å². The van der Waals surface area contributed by atoms with Crippen molar-refractivity contribution in [2.45, 2.75) is 19.9 Å². The SMILES string of the molecule is CCOc1ccc2c(c1)CN(C(=O)c1cc3cc(F)ccc3[nH]1)CC2. The molecular formula is C20H19FN2O2. The Bertz CT molecular complexity index is 948. The molecule has 1 aromatic heterocycles. The molecule has 4 rings (SSSR count). The number of rotatable bonds is 3. The molecule has 0 aliphatic carbocycles. The fourth-order valence-electron chi connectivity index (χ4n) is 3.35. The highest BCUT2D eigenvalue weighted by Gasteiger charge is 2.23. The van der Waals surface area contributed by atoms with E-state index in [0.29, 0.717) is 30.8 Å². The number of nitrogens with zero attached hydrogens (tertiary/aromatic N) is 1. The predicted molar refractivity (Wildman–Crippen MR) is 94.3 cm³/mol. The van der Waals surface area contributed by atoms with Gasteiger partial charge < -0.3 is 14.6 Å². The Morgan fingerprint density at radius 2 is 2.08 bits per heavy atom. The first-order valence-corrected chi connectivity index (χ1v) is 8.46. The molecule has 128 valence electrons. The molecule has 0 atom stereocenters. The van der Waals surface area contributed by atoms with Crippen LogP contribution < -0.4 is 4.74 Å². The van der Waals surface area contributed by atoms with E-state index in [-0.39, 0.29) is 11.7 Å². The molecule has 3 aromatic rings. The van der Waals surface area contributed by atoms with Gasteiger partial charge in [0.25, 0.3) is 5.91 Å². The van der Waals surface area contributed by atoms with Crippen molar-refractivity contribution >= 4 is 16.8 Å². The first-order valence-electron chi connectivity index (χ1n) is 8.46. The van der Waals surface area contributed by atoms with Crippen molar-refractivity contribution in [3.05, 3.63) is 65.1 Å². The van der Waals surface area contributed by atoms with E-state index in [4.69, 9.17) is 4.74 Å². The second kappa shape index (κ2) is 6.24. The highest BCUT2D eigenvalue weighted by Crippen LogP contribution is 2.26. The van der Waals surface area contributed by atoms with E-state index in [1.54, 1.807) is 12.1 Å². The second-order valence-corrected chi connectivity index (χ2v) is 6.25. The summed E-state index contributed by atoms with van der Waals surface area (Å²) in [6, 6.07) is 12.3. The van der Waals surface area contributed by atoms with Crippen LogP contribution in [0.4, 0.5) is 4.39 Å². The smallest absolute Gasteiger partial charge is 0.270 e. The van der Waals surface area contributed by atoms with E-state index in [1.807, 2.05) is 24.0 Å². The number of benzene rings is 2. The van der Waals surface area contributed by atoms with Gasteiger partial charge in [0.05, 0.1) is 6.61 Å². The Balaban J connectivity index is 1.59. The van der Waals surface area contributed by atoms with Crippen LogP contribution in [0, 0.1) is 5.82 Å². The lowest BCUT2D eigenvalue weighted by molar-refractivity contribution is 0.0729.